The SMILES string of the molecule is CCC1CCC(C)N1CC1(CBr)CCCCC1. The first kappa shape index (κ1) is 13.9. The Morgan fingerprint density at radius 1 is 1.18 bits per heavy atom. The van der Waals surface area contributed by atoms with E-state index in [0.29, 0.717) is 5.41 Å². The fraction of sp³-hybridized carbons (Fsp3) is 1.00. The van der Waals surface area contributed by atoms with Crippen LogP contribution >= 0.6 is 15.9 Å². The highest BCUT2D eigenvalue weighted by atomic mass is 79.9. The monoisotopic (exact) mass is 301 g/mol. The van der Waals surface area contributed by atoms with Crippen molar-refractivity contribution in [3.05, 3.63) is 0 Å². The highest BCUT2D eigenvalue weighted by molar-refractivity contribution is 9.09. The Balaban J connectivity index is 2.01. The second-order valence-electron chi connectivity index (χ2n) is 6.36. The van der Waals surface area contributed by atoms with E-state index in [0.717, 1.165) is 12.1 Å². The van der Waals surface area contributed by atoms with Crippen molar-refractivity contribution in [2.45, 2.75) is 77.3 Å². The molecule has 1 aliphatic carbocycles. The van der Waals surface area contributed by atoms with Gasteiger partial charge >= 0.3 is 0 Å². The maximum absolute atomic E-state index is 3.81. The van der Waals surface area contributed by atoms with Crippen molar-refractivity contribution in [3.63, 3.8) is 0 Å². The Morgan fingerprint density at radius 3 is 2.47 bits per heavy atom. The van der Waals surface area contributed by atoms with Crippen molar-refractivity contribution >= 4 is 15.9 Å². The van der Waals surface area contributed by atoms with Crippen LogP contribution in [0.4, 0.5) is 0 Å². The summed E-state index contributed by atoms with van der Waals surface area (Å²) in [5, 5.41) is 1.21. The number of rotatable bonds is 4. The van der Waals surface area contributed by atoms with E-state index in [1.807, 2.05) is 0 Å². The lowest BCUT2D eigenvalue weighted by Crippen LogP contribution is -2.45. The number of alkyl halides is 1. The molecule has 2 fully saturated rings. The van der Waals surface area contributed by atoms with Gasteiger partial charge in [0, 0.05) is 24.0 Å². The van der Waals surface area contributed by atoms with Gasteiger partial charge in [-0.05, 0) is 44.4 Å². The van der Waals surface area contributed by atoms with E-state index in [9.17, 15) is 0 Å². The van der Waals surface area contributed by atoms with Gasteiger partial charge < -0.3 is 0 Å². The predicted octanol–water partition coefficient (Wildman–Crippen LogP) is 4.59. The van der Waals surface area contributed by atoms with E-state index in [2.05, 4.69) is 34.7 Å². The van der Waals surface area contributed by atoms with Crippen LogP contribution in [0.3, 0.4) is 0 Å². The molecule has 0 radical (unpaired) electrons. The van der Waals surface area contributed by atoms with Gasteiger partial charge in [-0.1, -0.05) is 42.1 Å². The molecule has 0 bridgehead atoms. The van der Waals surface area contributed by atoms with Crippen LogP contribution in [0.15, 0.2) is 0 Å². The van der Waals surface area contributed by atoms with E-state index < -0.39 is 0 Å². The topological polar surface area (TPSA) is 3.24 Å². The molecule has 1 heterocycles. The van der Waals surface area contributed by atoms with Gasteiger partial charge in [0.1, 0.15) is 0 Å². The molecule has 0 aromatic heterocycles. The van der Waals surface area contributed by atoms with Gasteiger partial charge in [0.2, 0.25) is 0 Å². The zero-order chi connectivity index (χ0) is 12.3. The molecule has 1 aliphatic heterocycles. The molecule has 1 nitrogen and oxygen atoms in total. The van der Waals surface area contributed by atoms with Crippen molar-refractivity contribution in [2.24, 2.45) is 5.41 Å². The summed E-state index contributed by atoms with van der Waals surface area (Å²) >= 11 is 3.81. The summed E-state index contributed by atoms with van der Waals surface area (Å²) in [4.78, 5) is 2.83. The standard InChI is InChI=1S/C15H28BrN/c1-3-14-8-7-13(2)17(14)12-15(11-16)9-5-4-6-10-15/h13-14H,3-12H2,1-2H3. The van der Waals surface area contributed by atoms with Gasteiger partial charge in [-0.15, -0.1) is 0 Å². The van der Waals surface area contributed by atoms with Crippen LogP contribution in [-0.2, 0) is 0 Å². The third-order valence-electron chi connectivity index (χ3n) is 5.14. The maximum Gasteiger partial charge on any atom is 0.0100 e. The van der Waals surface area contributed by atoms with Crippen molar-refractivity contribution in [3.8, 4) is 0 Å². The van der Waals surface area contributed by atoms with E-state index in [1.165, 1.54) is 63.2 Å². The first-order chi connectivity index (χ1) is 8.21. The number of hydrogen-bond acceptors (Lipinski definition) is 1. The number of likely N-dealkylation sites (tertiary alicyclic amines) is 1. The Morgan fingerprint density at radius 2 is 1.88 bits per heavy atom. The largest absolute Gasteiger partial charge is 0.297 e. The summed E-state index contributed by atoms with van der Waals surface area (Å²) in [6.45, 7) is 6.13. The van der Waals surface area contributed by atoms with Crippen molar-refractivity contribution in [2.75, 3.05) is 11.9 Å². The van der Waals surface area contributed by atoms with E-state index >= 15 is 0 Å². The zero-order valence-corrected chi connectivity index (χ0v) is 13.1. The van der Waals surface area contributed by atoms with E-state index in [-0.39, 0.29) is 0 Å². The van der Waals surface area contributed by atoms with Crippen LogP contribution in [0.25, 0.3) is 0 Å². The van der Waals surface area contributed by atoms with Gasteiger partial charge in [0.05, 0.1) is 0 Å². The van der Waals surface area contributed by atoms with Gasteiger partial charge in [-0.3, -0.25) is 4.90 Å². The molecule has 2 atom stereocenters. The minimum absolute atomic E-state index is 0.588. The van der Waals surface area contributed by atoms with Gasteiger partial charge in [-0.25, -0.2) is 0 Å². The molecule has 2 aliphatic rings. The van der Waals surface area contributed by atoms with Crippen LogP contribution in [0, 0.1) is 5.41 Å². The average molecular weight is 302 g/mol. The molecule has 100 valence electrons. The third-order valence-corrected chi connectivity index (χ3v) is 6.33. The summed E-state index contributed by atoms with van der Waals surface area (Å²) in [5.74, 6) is 0. The molecule has 17 heavy (non-hydrogen) atoms. The highest BCUT2D eigenvalue weighted by Crippen LogP contribution is 2.41. The lowest BCUT2D eigenvalue weighted by Gasteiger charge is -2.42. The third kappa shape index (κ3) is 3.07. The van der Waals surface area contributed by atoms with Crippen molar-refractivity contribution in [1.82, 2.24) is 4.90 Å². The fourth-order valence-electron chi connectivity index (χ4n) is 3.87. The Hall–Kier alpha value is 0.440. The lowest BCUT2D eigenvalue weighted by atomic mass is 9.75. The zero-order valence-electron chi connectivity index (χ0n) is 11.6. The summed E-state index contributed by atoms with van der Waals surface area (Å²) in [7, 11) is 0. The Kier molecular flexibility index (Phi) is 4.94. The molecule has 2 unspecified atom stereocenters. The second-order valence-corrected chi connectivity index (χ2v) is 6.92. The molecule has 0 N–H and O–H groups in total. The molecule has 2 rings (SSSR count). The molecular formula is C15H28BrN. The first-order valence-electron chi connectivity index (χ1n) is 7.52. The predicted molar refractivity (Wildman–Crippen MR) is 78.8 cm³/mol. The molecule has 0 amide bonds. The Bertz CT molecular complexity index is 235. The first-order valence-corrected chi connectivity index (χ1v) is 8.64. The average Bonchev–Trinajstić information content (AvgIpc) is 2.72. The number of halogens is 1. The number of hydrogen-bond donors (Lipinski definition) is 0. The van der Waals surface area contributed by atoms with E-state index in [1.54, 1.807) is 0 Å². The second kappa shape index (κ2) is 6.06. The van der Waals surface area contributed by atoms with Crippen LogP contribution in [0.5, 0.6) is 0 Å². The molecule has 1 saturated heterocycles. The van der Waals surface area contributed by atoms with Gasteiger partial charge in [0.25, 0.3) is 0 Å². The molecule has 2 heteroatoms. The molecule has 0 aromatic rings. The lowest BCUT2D eigenvalue weighted by molar-refractivity contribution is 0.0923. The highest BCUT2D eigenvalue weighted by Gasteiger charge is 2.38. The fourth-order valence-corrected chi connectivity index (χ4v) is 4.61. The quantitative estimate of drug-likeness (QED) is 0.686. The van der Waals surface area contributed by atoms with Crippen LogP contribution in [0.2, 0.25) is 0 Å². The molecule has 0 aromatic carbocycles. The van der Waals surface area contributed by atoms with Crippen LogP contribution in [-0.4, -0.2) is 28.9 Å². The summed E-state index contributed by atoms with van der Waals surface area (Å²) in [6, 6.07) is 1.68. The summed E-state index contributed by atoms with van der Waals surface area (Å²) in [5.41, 5.74) is 0.588. The number of nitrogens with zero attached hydrogens (tertiary/aromatic N) is 1. The van der Waals surface area contributed by atoms with Gasteiger partial charge in [0.15, 0.2) is 0 Å². The minimum atomic E-state index is 0.588. The molecule has 0 spiro atoms. The summed E-state index contributed by atoms with van der Waals surface area (Å²) < 4.78 is 0. The Labute approximate surface area is 115 Å². The smallest absolute Gasteiger partial charge is 0.0100 e. The maximum atomic E-state index is 3.81. The van der Waals surface area contributed by atoms with Crippen molar-refractivity contribution in [1.29, 1.82) is 0 Å². The summed E-state index contributed by atoms with van der Waals surface area (Å²) in [6.07, 6.45) is 11.4. The normalized spacial score (nSPS) is 34.1. The van der Waals surface area contributed by atoms with Crippen molar-refractivity contribution < 1.29 is 0 Å². The van der Waals surface area contributed by atoms with Crippen LogP contribution < -0.4 is 0 Å². The molecule has 1 saturated carbocycles. The molecular weight excluding hydrogens is 274 g/mol. The van der Waals surface area contributed by atoms with Gasteiger partial charge in [-0.2, -0.15) is 0 Å². The van der Waals surface area contributed by atoms with E-state index in [4.69, 9.17) is 0 Å². The minimum Gasteiger partial charge on any atom is -0.297 e. The van der Waals surface area contributed by atoms with Crippen LogP contribution in [0.1, 0.15) is 65.2 Å².